The van der Waals surface area contributed by atoms with Crippen LogP contribution in [0, 0.1) is 5.82 Å². The number of hydrogen-bond donors (Lipinski definition) is 1. The molecule has 0 unspecified atom stereocenters. The van der Waals surface area contributed by atoms with Crippen molar-refractivity contribution >= 4 is 11.6 Å². The molecule has 1 aliphatic rings. The van der Waals surface area contributed by atoms with Crippen LogP contribution >= 0.6 is 11.6 Å². The van der Waals surface area contributed by atoms with E-state index in [2.05, 4.69) is 11.4 Å². The summed E-state index contributed by atoms with van der Waals surface area (Å²) in [6.07, 6.45) is 9.29. The molecule has 0 heterocycles. The average Bonchev–Trinajstić information content (AvgIpc) is 2.61. The lowest BCUT2D eigenvalue weighted by Gasteiger charge is -2.21. The molecule has 26 heavy (non-hydrogen) atoms. The van der Waals surface area contributed by atoms with Gasteiger partial charge in [0.15, 0.2) is 0 Å². The summed E-state index contributed by atoms with van der Waals surface area (Å²) in [6, 6.07) is 13.3. The molecule has 2 aromatic carbocycles. The molecule has 0 bridgehead atoms. The van der Waals surface area contributed by atoms with Crippen molar-refractivity contribution in [3.05, 3.63) is 64.4 Å². The monoisotopic (exact) mass is 375 g/mol. The van der Waals surface area contributed by atoms with Gasteiger partial charge in [-0.1, -0.05) is 61.9 Å². The summed E-state index contributed by atoms with van der Waals surface area (Å²) in [7, 11) is 0. The zero-order valence-corrected chi connectivity index (χ0v) is 15.9. The highest BCUT2D eigenvalue weighted by atomic mass is 35.5. The van der Waals surface area contributed by atoms with Crippen LogP contribution in [-0.2, 0) is 13.2 Å². The van der Waals surface area contributed by atoms with Crippen LogP contribution in [0.2, 0.25) is 5.02 Å². The normalized spacial score (nSPS) is 16.1. The molecule has 0 radical (unpaired) electrons. The molecule has 140 valence electrons. The fraction of sp³-hybridized carbons (Fsp3) is 0.455. The average molecular weight is 376 g/mol. The quantitative estimate of drug-likeness (QED) is 0.643. The molecule has 0 aromatic heterocycles. The highest BCUT2D eigenvalue weighted by molar-refractivity contribution is 6.31. The van der Waals surface area contributed by atoms with Gasteiger partial charge in [-0.15, -0.1) is 0 Å². The Hall–Kier alpha value is -1.58. The van der Waals surface area contributed by atoms with Crippen LogP contribution in [-0.4, -0.2) is 6.04 Å². The molecule has 1 fully saturated rings. The first kappa shape index (κ1) is 19.2. The minimum absolute atomic E-state index is 0.130. The SMILES string of the molecule is Fc1cccc(Cl)c1COc1cccc(CNC2CCCCCCC2)c1. The molecule has 0 saturated heterocycles. The number of nitrogens with one attached hydrogen (secondary N) is 1. The van der Waals surface area contributed by atoms with Gasteiger partial charge in [-0.2, -0.15) is 0 Å². The number of rotatable bonds is 6. The fourth-order valence-corrected chi connectivity index (χ4v) is 3.71. The Bertz CT molecular complexity index is 678. The van der Waals surface area contributed by atoms with Crippen molar-refractivity contribution in [3.63, 3.8) is 0 Å². The lowest BCUT2D eigenvalue weighted by molar-refractivity contribution is 0.299. The molecule has 4 heteroatoms. The number of benzene rings is 2. The lowest BCUT2D eigenvalue weighted by Crippen LogP contribution is -2.29. The van der Waals surface area contributed by atoms with Crippen LogP contribution in [0.4, 0.5) is 4.39 Å². The summed E-state index contributed by atoms with van der Waals surface area (Å²) in [5.74, 6) is 0.404. The Kier molecular flexibility index (Phi) is 7.33. The first-order chi connectivity index (χ1) is 12.7. The number of hydrogen-bond acceptors (Lipinski definition) is 2. The van der Waals surface area contributed by atoms with Crippen molar-refractivity contribution in [1.82, 2.24) is 5.32 Å². The third-order valence-corrected chi connectivity index (χ3v) is 5.40. The van der Waals surface area contributed by atoms with Crippen LogP contribution in [0.5, 0.6) is 5.75 Å². The fourth-order valence-electron chi connectivity index (χ4n) is 3.49. The van der Waals surface area contributed by atoms with Gasteiger partial charge < -0.3 is 10.1 Å². The Balaban J connectivity index is 1.54. The summed E-state index contributed by atoms with van der Waals surface area (Å²) in [6.45, 7) is 0.966. The van der Waals surface area contributed by atoms with Gasteiger partial charge in [0.25, 0.3) is 0 Å². The highest BCUT2D eigenvalue weighted by Gasteiger charge is 2.11. The van der Waals surface area contributed by atoms with Crippen molar-refractivity contribution in [2.45, 2.75) is 64.1 Å². The first-order valence-electron chi connectivity index (χ1n) is 9.60. The molecule has 0 atom stereocenters. The van der Waals surface area contributed by atoms with Crippen molar-refractivity contribution in [2.75, 3.05) is 0 Å². The van der Waals surface area contributed by atoms with Crippen LogP contribution in [0.3, 0.4) is 0 Å². The summed E-state index contributed by atoms with van der Waals surface area (Å²) >= 11 is 6.06. The van der Waals surface area contributed by atoms with E-state index in [4.69, 9.17) is 16.3 Å². The maximum Gasteiger partial charge on any atom is 0.131 e. The molecule has 3 rings (SSSR count). The van der Waals surface area contributed by atoms with Crippen LogP contribution in [0.15, 0.2) is 42.5 Å². The molecule has 0 spiro atoms. The van der Waals surface area contributed by atoms with E-state index in [0.717, 1.165) is 12.3 Å². The van der Waals surface area contributed by atoms with Crippen LogP contribution < -0.4 is 10.1 Å². The van der Waals surface area contributed by atoms with Gasteiger partial charge in [0.1, 0.15) is 18.2 Å². The van der Waals surface area contributed by atoms with E-state index >= 15 is 0 Å². The third-order valence-electron chi connectivity index (χ3n) is 5.04. The largest absolute Gasteiger partial charge is 0.489 e. The van der Waals surface area contributed by atoms with Crippen molar-refractivity contribution in [3.8, 4) is 5.75 Å². The zero-order chi connectivity index (χ0) is 18.2. The van der Waals surface area contributed by atoms with Crippen LogP contribution in [0.1, 0.15) is 56.1 Å². The summed E-state index contributed by atoms with van der Waals surface area (Å²) < 4.78 is 19.6. The van der Waals surface area contributed by atoms with E-state index in [9.17, 15) is 4.39 Å². The zero-order valence-electron chi connectivity index (χ0n) is 15.1. The number of halogens is 2. The molecular weight excluding hydrogens is 349 g/mol. The van der Waals surface area contributed by atoms with E-state index in [1.807, 2.05) is 18.2 Å². The summed E-state index contributed by atoms with van der Waals surface area (Å²) in [5.41, 5.74) is 1.58. The van der Waals surface area contributed by atoms with E-state index in [1.165, 1.54) is 56.6 Å². The minimum atomic E-state index is -0.334. The van der Waals surface area contributed by atoms with Gasteiger partial charge in [-0.3, -0.25) is 0 Å². The standard InChI is InChI=1S/C22H27ClFNO/c23-21-12-7-13-22(24)20(21)16-26-19-11-6-8-17(14-19)15-25-18-9-4-2-1-3-5-10-18/h6-8,11-14,18,25H,1-5,9-10,15-16H2. The second kappa shape index (κ2) is 9.94. The Morgan fingerprint density at radius 2 is 1.73 bits per heavy atom. The molecule has 2 aromatic rings. The Morgan fingerprint density at radius 3 is 2.50 bits per heavy atom. The topological polar surface area (TPSA) is 21.3 Å². The Labute approximate surface area is 160 Å². The highest BCUT2D eigenvalue weighted by Crippen LogP contribution is 2.22. The predicted octanol–water partition coefficient (Wildman–Crippen LogP) is 6.26. The first-order valence-corrected chi connectivity index (χ1v) is 9.98. The van der Waals surface area contributed by atoms with E-state index in [1.54, 1.807) is 12.1 Å². The molecule has 0 aliphatic heterocycles. The molecule has 1 aliphatic carbocycles. The molecule has 0 amide bonds. The lowest BCUT2D eigenvalue weighted by atomic mass is 9.96. The maximum absolute atomic E-state index is 13.8. The van der Waals surface area contributed by atoms with Crippen LogP contribution in [0.25, 0.3) is 0 Å². The Morgan fingerprint density at radius 1 is 1.00 bits per heavy atom. The number of ether oxygens (including phenoxy) is 1. The summed E-state index contributed by atoms with van der Waals surface area (Å²) in [4.78, 5) is 0. The van der Waals surface area contributed by atoms with Crippen molar-refractivity contribution in [1.29, 1.82) is 0 Å². The predicted molar refractivity (Wildman–Crippen MR) is 105 cm³/mol. The van der Waals surface area contributed by atoms with E-state index < -0.39 is 0 Å². The molecule has 1 N–H and O–H groups in total. The van der Waals surface area contributed by atoms with Gasteiger partial charge in [0, 0.05) is 18.2 Å². The molecular formula is C22H27ClFNO. The van der Waals surface area contributed by atoms with Gasteiger partial charge in [-0.25, -0.2) is 4.39 Å². The third kappa shape index (κ3) is 5.72. The van der Waals surface area contributed by atoms with E-state index in [-0.39, 0.29) is 12.4 Å². The van der Waals surface area contributed by atoms with Gasteiger partial charge in [0.2, 0.25) is 0 Å². The van der Waals surface area contributed by atoms with Gasteiger partial charge in [0.05, 0.1) is 5.02 Å². The van der Waals surface area contributed by atoms with Gasteiger partial charge in [-0.05, 0) is 42.7 Å². The second-order valence-electron chi connectivity index (χ2n) is 7.06. The van der Waals surface area contributed by atoms with E-state index in [0.29, 0.717) is 16.6 Å². The maximum atomic E-state index is 13.8. The van der Waals surface area contributed by atoms with Crippen molar-refractivity contribution < 1.29 is 9.13 Å². The second-order valence-corrected chi connectivity index (χ2v) is 7.47. The summed E-state index contributed by atoms with van der Waals surface area (Å²) in [5, 5.41) is 4.08. The molecule has 1 saturated carbocycles. The van der Waals surface area contributed by atoms with Crippen molar-refractivity contribution in [2.24, 2.45) is 0 Å². The smallest absolute Gasteiger partial charge is 0.131 e. The minimum Gasteiger partial charge on any atom is -0.489 e. The van der Waals surface area contributed by atoms with Gasteiger partial charge >= 0.3 is 0 Å². The molecule has 2 nitrogen and oxygen atoms in total.